The third-order valence-corrected chi connectivity index (χ3v) is 2.69. The molecule has 0 aliphatic carbocycles. The first-order valence-corrected chi connectivity index (χ1v) is 6.91. The first-order chi connectivity index (χ1) is 10.2. The van der Waals surface area contributed by atoms with Gasteiger partial charge in [0, 0.05) is 7.11 Å². The van der Waals surface area contributed by atoms with Crippen molar-refractivity contribution in [1.82, 2.24) is 0 Å². The average Bonchev–Trinajstić information content (AvgIpc) is 2.49. The number of ether oxygens (including phenoxy) is 4. The molecule has 1 rings (SSSR count). The third kappa shape index (κ3) is 8.82. The van der Waals surface area contributed by atoms with Crippen LogP contribution in [0.25, 0.3) is 0 Å². The lowest BCUT2D eigenvalue weighted by Crippen LogP contribution is -2.29. The SMILES string of the molecule is COCCOCCOCCOCc1cccc(B(O)O)c1. The topological polar surface area (TPSA) is 77.4 Å². The van der Waals surface area contributed by atoms with Crippen molar-refractivity contribution in [2.24, 2.45) is 0 Å². The number of methoxy groups -OCH3 is 1. The second kappa shape index (κ2) is 11.7. The molecule has 0 unspecified atom stereocenters. The number of rotatable bonds is 12. The highest BCUT2D eigenvalue weighted by molar-refractivity contribution is 6.58. The third-order valence-electron chi connectivity index (χ3n) is 2.69. The highest BCUT2D eigenvalue weighted by atomic mass is 16.6. The fourth-order valence-electron chi connectivity index (χ4n) is 1.62. The molecule has 0 aliphatic rings. The van der Waals surface area contributed by atoms with Crippen molar-refractivity contribution in [3.8, 4) is 0 Å². The zero-order valence-electron chi connectivity index (χ0n) is 12.4. The van der Waals surface area contributed by atoms with E-state index >= 15 is 0 Å². The van der Waals surface area contributed by atoms with Gasteiger partial charge in [-0.2, -0.15) is 0 Å². The first-order valence-electron chi connectivity index (χ1n) is 6.91. The standard InChI is InChI=1S/C14H23BO6/c1-18-5-6-19-7-8-20-9-10-21-12-13-3-2-4-14(11-13)15(16)17/h2-4,11,16-17H,5-10,12H2,1H3. The van der Waals surface area contributed by atoms with Crippen molar-refractivity contribution in [3.05, 3.63) is 29.8 Å². The van der Waals surface area contributed by atoms with Crippen LogP contribution in [0.3, 0.4) is 0 Å². The Balaban J connectivity index is 2.00. The number of hydrogen-bond donors (Lipinski definition) is 2. The van der Waals surface area contributed by atoms with Crippen LogP contribution in [0.5, 0.6) is 0 Å². The van der Waals surface area contributed by atoms with E-state index in [1.807, 2.05) is 6.07 Å². The average molecular weight is 298 g/mol. The molecule has 6 nitrogen and oxygen atoms in total. The van der Waals surface area contributed by atoms with E-state index < -0.39 is 7.12 Å². The predicted molar refractivity (Wildman–Crippen MR) is 79.4 cm³/mol. The van der Waals surface area contributed by atoms with E-state index in [9.17, 15) is 0 Å². The lowest BCUT2D eigenvalue weighted by Gasteiger charge is -2.07. The summed E-state index contributed by atoms with van der Waals surface area (Å²) in [5.41, 5.74) is 1.35. The fourth-order valence-corrected chi connectivity index (χ4v) is 1.62. The minimum absolute atomic E-state index is 0.411. The molecule has 0 atom stereocenters. The van der Waals surface area contributed by atoms with Crippen molar-refractivity contribution in [1.29, 1.82) is 0 Å². The maximum absolute atomic E-state index is 9.07. The Labute approximate surface area is 125 Å². The molecule has 0 radical (unpaired) electrons. The highest BCUT2D eigenvalue weighted by Crippen LogP contribution is 1.99. The molecular weight excluding hydrogens is 275 g/mol. The molecule has 0 spiro atoms. The minimum Gasteiger partial charge on any atom is -0.423 e. The van der Waals surface area contributed by atoms with Crippen LogP contribution < -0.4 is 5.46 Å². The Hall–Kier alpha value is -0.955. The van der Waals surface area contributed by atoms with Gasteiger partial charge in [-0.3, -0.25) is 0 Å². The van der Waals surface area contributed by atoms with Gasteiger partial charge in [-0.25, -0.2) is 0 Å². The van der Waals surface area contributed by atoms with Crippen LogP contribution in [0.15, 0.2) is 24.3 Å². The van der Waals surface area contributed by atoms with Gasteiger partial charge < -0.3 is 29.0 Å². The van der Waals surface area contributed by atoms with Crippen LogP contribution in [0.2, 0.25) is 0 Å². The van der Waals surface area contributed by atoms with Crippen LogP contribution in [0.4, 0.5) is 0 Å². The zero-order valence-corrected chi connectivity index (χ0v) is 12.4. The van der Waals surface area contributed by atoms with E-state index in [4.69, 9.17) is 29.0 Å². The summed E-state index contributed by atoms with van der Waals surface area (Å²) in [4.78, 5) is 0. The molecule has 0 bridgehead atoms. The van der Waals surface area contributed by atoms with Gasteiger partial charge in [0.25, 0.3) is 0 Å². The summed E-state index contributed by atoms with van der Waals surface area (Å²) in [7, 11) is 0.181. The van der Waals surface area contributed by atoms with Crippen molar-refractivity contribution in [3.63, 3.8) is 0 Å². The lowest BCUT2D eigenvalue weighted by molar-refractivity contribution is 0.000875. The van der Waals surface area contributed by atoms with E-state index in [1.54, 1.807) is 25.3 Å². The van der Waals surface area contributed by atoms with Gasteiger partial charge in [0.05, 0.1) is 46.2 Å². The predicted octanol–water partition coefficient (Wildman–Crippen LogP) is -0.437. The molecule has 0 aliphatic heterocycles. The molecule has 0 saturated heterocycles. The second-order valence-corrected chi connectivity index (χ2v) is 4.39. The first kappa shape index (κ1) is 18.1. The van der Waals surface area contributed by atoms with Gasteiger partial charge in [-0.05, 0) is 11.0 Å². The molecule has 21 heavy (non-hydrogen) atoms. The Kier molecular flexibility index (Phi) is 10.1. The maximum atomic E-state index is 9.07. The van der Waals surface area contributed by atoms with Gasteiger partial charge >= 0.3 is 7.12 Å². The van der Waals surface area contributed by atoms with Crippen LogP contribution in [-0.2, 0) is 25.6 Å². The van der Waals surface area contributed by atoms with E-state index in [-0.39, 0.29) is 0 Å². The molecule has 118 valence electrons. The monoisotopic (exact) mass is 298 g/mol. The minimum atomic E-state index is -1.45. The number of hydrogen-bond acceptors (Lipinski definition) is 6. The van der Waals surface area contributed by atoms with Crippen molar-refractivity contribution < 1.29 is 29.0 Å². The molecule has 0 saturated carbocycles. The molecule has 1 aromatic carbocycles. The van der Waals surface area contributed by atoms with Gasteiger partial charge in [-0.1, -0.05) is 24.3 Å². The van der Waals surface area contributed by atoms with Gasteiger partial charge in [-0.15, -0.1) is 0 Å². The quantitative estimate of drug-likeness (QED) is 0.402. The zero-order chi connectivity index (χ0) is 15.3. The normalized spacial score (nSPS) is 10.8. The van der Waals surface area contributed by atoms with Gasteiger partial charge in [0.1, 0.15) is 0 Å². The molecule has 0 aromatic heterocycles. The number of benzene rings is 1. The summed E-state index contributed by atoms with van der Waals surface area (Å²) in [5.74, 6) is 0. The van der Waals surface area contributed by atoms with Crippen LogP contribution in [-0.4, -0.2) is 63.9 Å². The molecule has 2 N–H and O–H groups in total. The largest absolute Gasteiger partial charge is 0.488 e. The van der Waals surface area contributed by atoms with Crippen molar-refractivity contribution in [2.75, 3.05) is 46.8 Å². The van der Waals surface area contributed by atoms with E-state index in [0.717, 1.165) is 5.56 Å². The van der Waals surface area contributed by atoms with E-state index in [1.165, 1.54) is 0 Å². The molecule has 1 aromatic rings. The van der Waals surface area contributed by atoms with E-state index in [0.29, 0.717) is 51.7 Å². The van der Waals surface area contributed by atoms with Crippen LogP contribution >= 0.6 is 0 Å². The molecule has 7 heteroatoms. The maximum Gasteiger partial charge on any atom is 0.488 e. The summed E-state index contributed by atoms with van der Waals surface area (Å²) < 4.78 is 20.9. The Morgan fingerprint density at radius 1 is 0.905 bits per heavy atom. The summed E-state index contributed by atoms with van der Waals surface area (Å²) in [6.45, 7) is 3.61. The van der Waals surface area contributed by atoms with Gasteiger partial charge in [0.15, 0.2) is 0 Å². The lowest BCUT2D eigenvalue weighted by atomic mass is 9.80. The Morgan fingerprint density at radius 2 is 1.52 bits per heavy atom. The summed E-state index contributed by atoms with van der Waals surface area (Å²) in [6, 6.07) is 6.99. The summed E-state index contributed by atoms with van der Waals surface area (Å²) in [5, 5.41) is 18.1. The smallest absolute Gasteiger partial charge is 0.423 e. The molecule has 0 fully saturated rings. The highest BCUT2D eigenvalue weighted by Gasteiger charge is 2.10. The molecule has 0 heterocycles. The Bertz CT molecular complexity index is 374. The molecule has 0 amide bonds. The van der Waals surface area contributed by atoms with Crippen LogP contribution in [0.1, 0.15) is 5.56 Å². The second-order valence-electron chi connectivity index (χ2n) is 4.39. The van der Waals surface area contributed by atoms with E-state index in [2.05, 4.69) is 0 Å². The Morgan fingerprint density at radius 3 is 2.14 bits per heavy atom. The summed E-state index contributed by atoms with van der Waals surface area (Å²) in [6.07, 6.45) is 0. The van der Waals surface area contributed by atoms with Crippen molar-refractivity contribution in [2.45, 2.75) is 6.61 Å². The van der Waals surface area contributed by atoms with Crippen molar-refractivity contribution >= 4 is 12.6 Å². The fraction of sp³-hybridized carbons (Fsp3) is 0.571. The summed E-state index contributed by atoms with van der Waals surface area (Å²) >= 11 is 0. The molecular formula is C14H23BO6. The van der Waals surface area contributed by atoms with Gasteiger partial charge in [0.2, 0.25) is 0 Å². The van der Waals surface area contributed by atoms with Crippen LogP contribution in [0, 0.1) is 0 Å².